The lowest BCUT2D eigenvalue weighted by Crippen LogP contribution is -2.34. The highest BCUT2D eigenvalue weighted by molar-refractivity contribution is 6.30. The van der Waals surface area contributed by atoms with Crippen LogP contribution in [0.5, 0.6) is 0 Å². The van der Waals surface area contributed by atoms with E-state index in [4.69, 9.17) is 16.3 Å². The topological polar surface area (TPSA) is 142 Å². The summed E-state index contributed by atoms with van der Waals surface area (Å²) in [5.41, 5.74) is 0.939. The Morgan fingerprint density at radius 1 is 1.19 bits per heavy atom. The molecule has 31 heavy (non-hydrogen) atoms. The van der Waals surface area contributed by atoms with Crippen LogP contribution in [0.3, 0.4) is 0 Å². The number of anilines is 2. The molecular formula is C19H22ClN7O4. The summed E-state index contributed by atoms with van der Waals surface area (Å²) in [5, 5.41) is 33.8. The average Bonchev–Trinajstić information content (AvgIpc) is 3.51. The summed E-state index contributed by atoms with van der Waals surface area (Å²) in [6.07, 6.45) is 1.11. The van der Waals surface area contributed by atoms with Gasteiger partial charge in [0.15, 0.2) is 23.2 Å². The van der Waals surface area contributed by atoms with E-state index in [0.29, 0.717) is 27.8 Å². The molecule has 5 heterocycles. The number of hydrogen-bond acceptors (Lipinski definition) is 10. The van der Waals surface area contributed by atoms with Crippen molar-refractivity contribution in [1.29, 1.82) is 0 Å². The SMILES string of the molecule is OC[C@H]1O[C@@H](n2cnc3c(N(c4ccc(Cl)cn4)[C@H]4CCNC4)ncnc32)[C@@H](O)[C@H]1O. The molecule has 12 heteroatoms. The quantitative estimate of drug-likeness (QED) is 0.421. The Kier molecular flexibility index (Phi) is 5.46. The molecule has 2 aliphatic rings. The highest BCUT2D eigenvalue weighted by atomic mass is 35.5. The number of nitrogens with zero attached hydrogens (tertiary/aromatic N) is 6. The molecule has 0 aliphatic carbocycles. The normalized spacial score (nSPS) is 28.5. The van der Waals surface area contributed by atoms with Crippen LogP contribution in [0.4, 0.5) is 11.6 Å². The molecule has 0 aromatic carbocycles. The van der Waals surface area contributed by atoms with Crippen molar-refractivity contribution >= 4 is 34.4 Å². The average molecular weight is 448 g/mol. The van der Waals surface area contributed by atoms with Crippen molar-refractivity contribution in [3.05, 3.63) is 36.0 Å². The predicted molar refractivity (Wildman–Crippen MR) is 111 cm³/mol. The minimum absolute atomic E-state index is 0.103. The number of aliphatic hydroxyl groups is 3. The van der Waals surface area contributed by atoms with E-state index in [0.717, 1.165) is 19.5 Å². The number of pyridine rings is 1. The lowest BCUT2D eigenvalue weighted by molar-refractivity contribution is -0.0511. The predicted octanol–water partition coefficient (Wildman–Crippen LogP) is -0.0138. The van der Waals surface area contributed by atoms with E-state index < -0.39 is 31.1 Å². The molecular weight excluding hydrogens is 426 g/mol. The summed E-state index contributed by atoms with van der Waals surface area (Å²) in [4.78, 5) is 19.8. The summed E-state index contributed by atoms with van der Waals surface area (Å²) >= 11 is 6.03. The molecule has 0 bridgehead atoms. The zero-order valence-corrected chi connectivity index (χ0v) is 17.2. The van der Waals surface area contributed by atoms with Crippen molar-refractivity contribution in [3.8, 4) is 0 Å². The van der Waals surface area contributed by atoms with E-state index in [2.05, 4.69) is 25.3 Å². The first-order valence-corrected chi connectivity index (χ1v) is 10.4. The van der Waals surface area contributed by atoms with Gasteiger partial charge in [0.25, 0.3) is 0 Å². The van der Waals surface area contributed by atoms with Crippen LogP contribution in [0.25, 0.3) is 11.2 Å². The van der Waals surface area contributed by atoms with Crippen molar-refractivity contribution < 1.29 is 20.1 Å². The van der Waals surface area contributed by atoms with Crippen LogP contribution in [0.1, 0.15) is 12.6 Å². The Bertz CT molecular complexity index is 1060. The largest absolute Gasteiger partial charge is 0.394 e. The Morgan fingerprint density at radius 3 is 2.74 bits per heavy atom. The van der Waals surface area contributed by atoms with Gasteiger partial charge in [-0.05, 0) is 25.1 Å². The van der Waals surface area contributed by atoms with Crippen LogP contribution in [0, 0.1) is 0 Å². The van der Waals surface area contributed by atoms with Gasteiger partial charge in [0.2, 0.25) is 0 Å². The molecule has 0 spiro atoms. The zero-order valence-electron chi connectivity index (χ0n) is 16.4. The smallest absolute Gasteiger partial charge is 0.167 e. The third kappa shape index (κ3) is 3.53. The van der Waals surface area contributed by atoms with E-state index in [9.17, 15) is 15.3 Å². The van der Waals surface area contributed by atoms with Gasteiger partial charge in [-0.2, -0.15) is 0 Å². The van der Waals surface area contributed by atoms with E-state index in [1.165, 1.54) is 12.7 Å². The molecule has 3 aromatic heterocycles. The molecule has 5 atom stereocenters. The Labute approximate surface area is 182 Å². The van der Waals surface area contributed by atoms with Gasteiger partial charge in [0, 0.05) is 12.7 Å². The first kappa shape index (κ1) is 20.5. The number of imidazole rings is 1. The van der Waals surface area contributed by atoms with Crippen LogP contribution in [-0.2, 0) is 4.74 Å². The lowest BCUT2D eigenvalue weighted by Gasteiger charge is -2.28. The minimum Gasteiger partial charge on any atom is -0.394 e. The van der Waals surface area contributed by atoms with Gasteiger partial charge in [-0.3, -0.25) is 4.57 Å². The highest BCUT2D eigenvalue weighted by Gasteiger charge is 2.44. The number of hydrogen-bond donors (Lipinski definition) is 4. The number of ether oxygens (including phenoxy) is 1. The van der Waals surface area contributed by atoms with Gasteiger partial charge in [-0.1, -0.05) is 11.6 Å². The number of halogens is 1. The number of aliphatic hydroxyl groups excluding tert-OH is 3. The van der Waals surface area contributed by atoms with Crippen LogP contribution in [-0.4, -0.2) is 83.9 Å². The first-order valence-electron chi connectivity index (χ1n) is 10.00. The molecule has 0 unspecified atom stereocenters. The van der Waals surface area contributed by atoms with E-state index in [1.54, 1.807) is 16.8 Å². The van der Waals surface area contributed by atoms with E-state index in [1.807, 2.05) is 11.0 Å². The fraction of sp³-hybridized carbons (Fsp3) is 0.474. The summed E-state index contributed by atoms with van der Waals surface area (Å²) in [5.74, 6) is 1.25. The number of nitrogens with one attached hydrogen (secondary N) is 1. The first-order chi connectivity index (χ1) is 15.1. The maximum atomic E-state index is 10.4. The van der Waals surface area contributed by atoms with E-state index in [-0.39, 0.29) is 6.04 Å². The maximum absolute atomic E-state index is 10.4. The maximum Gasteiger partial charge on any atom is 0.167 e. The monoisotopic (exact) mass is 447 g/mol. The molecule has 2 aliphatic heterocycles. The molecule has 3 aromatic rings. The molecule has 164 valence electrons. The Morgan fingerprint density at radius 2 is 2.06 bits per heavy atom. The molecule has 0 amide bonds. The van der Waals surface area contributed by atoms with Gasteiger partial charge in [-0.25, -0.2) is 19.9 Å². The Balaban J connectivity index is 1.59. The van der Waals surface area contributed by atoms with Crippen molar-refractivity contribution in [2.75, 3.05) is 24.6 Å². The van der Waals surface area contributed by atoms with Crippen molar-refractivity contribution in [2.24, 2.45) is 0 Å². The van der Waals surface area contributed by atoms with Crippen LogP contribution < -0.4 is 10.2 Å². The third-order valence-electron chi connectivity index (χ3n) is 5.72. The standard InChI is InChI=1S/C19H22ClN7O4/c20-10-1-2-13(22-5-10)27(11-3-4-21-6-11)18-14-17(23-8-24-18)26(9-25-14)19-16(30)15(29)12(7-28)31-19/h1-2,5,8-9,11-12,15-16,19,21,28-30H,3-4,6-7H2/t11-,12+,15-,16-,19+/m0/s1. The molecule has 0 radical (unpaired) electrons. The molecule has 2 saturated heterocycles. The fourth-order valence-electron chi connectivity index (χ4n) is 4.15. The summed E-state index contributed by atoms with van der Waals surface area (Å²) < 4.78 is 7.19. The van der Waals surface area contributed by atoms with E-state index >= 15 is 0 Å². The lowest BCUT2D eigenvalue weighted by atomic mass is 10.1. The van der Waals surface area contributed by atoms with Gasteiger partial charge in [-0.15, -0.1) is 0 Å². The van der Waals surface area contributed by atoms with Gasteiger partial charge < -0.3 is 30.3 Å². The highest BCUT2D eigenvalue weighted by Crippen LogP contribution is 2.35. The molecule has 5 rings (SSSR count). The number of aromatic nitrogens is 5. The molecule has 0 saturated carbocycles. The second kappa shape index (κ2) is 8.26. The van der Waals surface area contributed by atoms with Crippen LogP contribution >= 0.6 is 11.6 Å². The zero-order chi connectivity index (χ0) is 21.5. The van der Waals surface area contributed by atoms with Gasteiger partial charge in [0.05, 0.1) is 24.0 Å². The summed E-state index contributed by atoms with van der Waals surface area (Å²) in [6.45, 7) is 1.22. The Hall–Kier alpha value is -2.41. The molecule has 4 N–H and O–H groups in total. The number of rotatable bonds is 5. The summed E-state index contributed by atoms with van der Waals surface area (Å²) in [6, 6.07) is 3.71. The number of fused-ring (bicyclic) bond motifs is 1. The second-order valence-corrected chi connectivity index (χ2v) is 8.04. The second-order valence-electron chi connectivity index (χ2n) is 7.60. The van der Waals surface area contributed by atoms with Crippen LogP contribution in [0.2, 0.25) is 5.02 Å². The third-order valence-corrected chi connectivity index (χ3v) is 5.94. The summed E-state index contributed by atoms with van der Waals surface area (Å²) in [7, 11) is 0. The van der Waals surface area contributed by atoms with Gasteiger partial charge in [0.1, 0.15) is 30.5 Å². The van der Waals surface area contributed by atoms with Crippen LogP contribution in [0.15, 0.2) is 31.0 Å². The van der Waals surface area contributed by atoms with Crippen molar-refractivity contribution in [1.82, 2.24) is 29.8 Å². The van der Waals surface area contributed by atoms with Crippen molar-refractivity contribution in [3.63, 3.8) is 0 Å². The van der Waals surface area contributed by atoms with Crippen molar-refractivity contribution in [2.45, 2.75) is 37.0 Å². The fourth-order valence-corrected chi connectivity index (χ4v) is 4.26. The molecule has 2 fully saturated rings. The molecule has 11 nitrogen and oxygen atoms in total. The minimum atomic E-state index is -1.24. The van der Waals surface area contributed by atoms with Gasteiger partial charge >= 0.3 is 0 Å².